The molecule has 0 fully saturated rings. The van der Waals surface area contributed by atoms with E-state index in [-0.39, 0.29) is 24.8 Å². The van der Waals surface area contributed by atoms with Gasteiger partial charge in [-0.1, -0.05) is 54.9 Å². The number of aryl methyl sites for hydroxylation is 1. The molecule has 0 bridgehead atoms. The maximum atomic E-state index is 12.6. The zero-order chi connectivity index (χ0) is 22.2. The van der Waals surface area contributed by atoms with Crippen molar-refractivity contribution < 1.29 is 18.7 Å². The molecule has 3 rings (SSSR count). The third-order valence-corrected chi connectivity index (χ3v) is 4.96. The first-order chi connectivity index (χ1) is 15.0. The number of aromatic nitrogens is 1. The molecule has 1 atom stereocenters. The van der Waals surface area contributed by atoms with Gasteiger partial charge in [-0.25, -0.2) is 4.98 Å². The first kappa shape index (κ1) is 22.6. The van der Waals surface area contributed by atoms with E-state index in [0.717, 1.165) is 16.7 Å². The monoisotopic (exact) mass is 440 g/mol. The van der Waals surface area contributed by atoms with Crippen LogP contribution in [0.3, 0.4) is 0 Å². The van der Waals surface area contributed by atoms with Crippen molar-refractivity contribution in [1.29, 1.82) is 0 Å². The van der Waals surface area contributed by atoms with Gasteiger partial charge in [-0.3, -0.25) is 9.59 Å². The lowest BCUT2D eigenvalue weighted by Crippen LogP contribution is -2.38. The van der Waals surface area contributed by atoms with Crippen LogP contribution < -0.4 is 5.32 Å². The van der Waals surface area contributed by atoms with E-state index < -0.39 is 11.9 Å². The van der Waals surface area contributed by atoms with Gasteiger partial charge in [-0.05, 0) is 42.2 Å². The molecule has 162 valence electrons. The molecule has 31 heavy (non-hydrogen) atoms. The highest BCUT2D eigenvalue weighted by Crippen LogP contribution is 2.23. The van der Waals surface area contributed by atoms with Crippen LogP contribution in [-0.4, -0.2) is 29.5 Å². The molecule has 1 amide bonds. The number of ether oxygens (including phenoxy) is 1. The number of carbonyl (C=O) groups excluding carboxylic acids is 2. The minimum atomic E-state index is -0.446. The van der Waals surface area contributed by atoms with Gasteiger partial charge < -0.3 is 14.5 Å². The molecule has 1 aromatic heterocycles. The molecule has 6 nitrogen and oxygen atoms in total. The summed E-state index contributed by atoms with van der Waals surface area (Å²) in [6, 6.07) is 15.1. The number of amides is 1. The van der Waals surface area contributed by atoms with Crippen LogP contribution in [0.1, 0.15) is 42.3 Å². The van der Waals surface area contributed by atoms with Gasteiger partial charge in [0.15, 0.2) is 5.89 Å². The van der Waals surface area contributed by atoms with E-state index in [1.54, 1.807) is 6.92 Å². The van der Waals surface area contributed by atoms with Crippen LogP contribution in [0.2, 0.25) is 5.02 Å². The third kappa shape index (κ3) is 6.43. The first-order valence-electron chi connectivity index (χ1n) is 10.2. The SMILES string of the molecule is CCOC(=O)C[C@@H](Cc1ccc(-c2cccc(Cl)c2)cc1)NC(=O)c1cnc(CC)o1. The summed E-state index contributed by atoms with van der Waals surface area (Å²) in [4.78, 5) is 28.7. The Kier molecular flexibility index (Phi) is 7.84. The van der Waals surface area contributed by atoms with E-state index >= 15 is 0 Å². The Labute approximate surface area is 186 Å². The predicted octanol–water partition coefficient (Wildman–Crippen LogP) is 4.85. The van der Waals surface area contributed by atoms with Crippen molar-refractivity contribution in [2.75, 3.05) is 6.61 Å². The number of esters is 1. The maximum absolute atomic E-state index is 12.6. The van der Waals surface area contributed by atoms with Crippen LogP contribution in [0.25, 0.3) is 11.1 Å². The average molecular weight is 441 g/mol. The molecule has 0 aliphatic carbocycles. The van der Waals surface area contributed by atoms with Crippen molar-refractivity contribution in [3.05, 3.63) is 77.0 Å². The van der Waals surface area contributed by atoms with E-state index in [0.29, 0.717) is 23.8 Å². The van der Waals surface area contributed by atoms with Gasteiger partial charge in [0.05, 0.1) is 19.2 Å². The highest BCUT2D eigenvalue weighted by molar-refractivity contribution is 6.30. The molecule has 1 heterocycles. The zero-order valence-corrected chi connectivity index (χ0v) is 18.3. The number of oxazole rings is 1. The molecule has 0 aliphatic heterocycles. The van der Waals surface area contributed by atoms with Gasteiger partial charge in [0, 0.05) is 17.5 Å². The summed E-state index contributed by atoms with van der Waals surface area (Å²) in [5.74, 6) is -0.155. The Bertz CT molecular complexity index is 1030. The Morgan fingerprint density at radius 3 is 2.55 bits per heavy atom. The molecular formula is C24H25ClN2O4. The molecule has 0 unspecified atom stereocenters. The fourth-order valence-corrected chi connectivity index (χ4v) is 3.41. The fourth-order valence-electron chi connectivity index (χ4n) is 3.22. The Morgan fingerprint density at radius 1 is 1.13 bits per heavy atom. The highest BCUT2D eigenvalue weighted by Gasteiger charge is 2.21. The molecule has 0 saturated carbocycles. The quantitative estimate of drug-likeness (QED) is 0.481. The average Bonchev–Trinajstić information content (AvgIpc) is 3.24. The summed E-state index contributed by atoms with van der Waals surface area (Å²) in [6.07, 6.45) is 2.52. The Morgan fingerprint density at radius 2 is 1.90 bits per heavy atom. The molecule has 2 aromatic carbocycles. The van der Waals surface area contributed by atoms with Crippen LogP contribution in [0.5, 0.6) is 0 Å². The standard InChI is InChI=1S/C24H25ClN2O4/c1-3-22-26-15-21(31-22)24(29)27-20(14-23(28)30-4-2)12-16-8-10-17(11-9-16)18-6-5-7-19(25)13-18/h5-11,13,15,20H,3-4,12,14H2,1-2H3,(H,27,29)/t20-/m1/s1. The summed E-state index contributed by atoms with van der Waals surface area (Å²) in [7, 11) is 0. The van der Waals surface area contributed by atoms with Crippen molar-refractivity contribution in [2.24, 2.45) is 0 Å². The van der Waals surface area contributed by atoms with Gasteiger partial charge in [-0.2, -0.15) is 0 Å². The Hall–Kier alpha value is -3.12. The molecule has 0 aliphatic rings. The van der Waals surface area contributed by atoms with Gasteiger partial charge in [0.25, 0.3) is 5.91 Å². The van der Waals surface area contributed by atoms with E-state index in [4.69, 9.17) is 20.8 Å². The predicted molar refractivity (Wildman–Crippen MR) is 119 cm³/mol. The molecule has 0 radical (unpaired) electrons. The molecule has 0 saturated heterocycles. The summed E-state index contributed by atoms with van der Waals surface area (Å²) < 4.78 is 10.5. The van der Waals surface area contributed by atoms with Gasteiger partial charge in [-0.15, -0.1) is 0 Å². The lowest BCUT2D eigenvalue weighted by molar-refractivity contribution is -0.143. The maximum Gasteiger partial charge on any atom is 0.307 e. The van der Waals surface area contributed by atoms with E-state index in [2.05, 4.69) is 10.3 Å². The van der Waals surface area contributed by atoms with E-state index in [9.17, 15) is 9.59 Å². The van der Waals surface area contributed by atoms with Crippen LogP contribution in [0, 0.1) is 0 Å². The number of rotatable bonds is 9. The van der Waals surface area contributed by atoms with Crippen molar-refractivity contribution in [3.8, 4) is 11.1 Å². The smallest absolute Gasteiger partial charge is 0.307 e. The van der Waals surface area contributed by atoms with Gasteiger partial charge in [0.1, 0.15) is 0 Å². The zero-order valence-electron chi connectivity index (χ0n) is 17.6. The second kappa shape index (κ2) is 10.8. The van der Waals surface area contributed by atoms with E-state index in [1.165, 1.54) is 6.20 Å². The minimum Gasteiger partial charge on any atom is -0.466 e. The van der Waals surface area contributed by atoms with Gasteiger partial charge in [0.2, 0.25) is 5.76 Å². The number of halogens is 1. The van der Waals surface area contributed by atoms with Crippen molar-refractivity contribution >= 4 is 23.5 Å². The number of carbonyl (C=O) groups is 2. The highest BCUT2D eigenvalue weighted by atomic mass is 35.5. The summed E-state index contributed by atoms with van der Waals surface area (Å²) in [5.41, 5.74) is 3.03. The lowest BCUT2D eigenvalue weighted by Gasteiger charge is -2.18. The van der Waals surface area contributed by atoms with Crippen molar-refractivity contribution in [2.45, 2.75) is 39.2 Å². The second-order valence-electron chi connectivity index (χ2n) is 7.06. The number of nitrogens with one attached hydrogen (secondary N) is 1. The topological polar surface area (TPSA) is 81.4 Å². The second-order valence-corrected chi connectivity index (χ2v) is 7.50. The third-order valence-electron chi connectivity index (χ3n) is 4.73. The normalized spacial score (nSPS) is 11.7. The molecule has 3 aromatic rings. The number of hydrogen-bond donors (Lipinski definition) is 1. The van der Waals surface area contributed by atoms with E-state index in [1.807, 2.05) is 55.5 Å². The number of benzene rings is 2. The largest absolute Gasteiger partial charge is 0.466 e. The molecule has 1 N–H and O–H groups in total. The first-order valence-corrected chi connectivity index (χ1v) is 10.6. The molecule has 0 spiro atoms. The molecular weight excluding hydrogens is 416 g/mol. The summed E-state index contributed by atoms with van der Waals surface area (Å²) in [5, 5.41) is 3.55. The van der Waals surface area contributed by atoms with Crippen molar-refractivity contribution in [3.63, 3.8) is 0 Å². The van der Waals surface area contributed by atoms with Crippen LogP contribution in [0.15, 0.2) is 59.1 Å². The Balaban J connectivity index is 1.72. The number of hydrogen-bond acceptors (Lipinski definition) is 5. The minimum absolute atomic E-state index is 0.0599. The summed E-state index contributed by atoms with van der Waals surface area (Å²) >= 11 is 6.08. The van der Waals surface area contributed by atoms with Gasteiger partial charge >= 0.3 is 5.97 Å². The van der Waals surface area contributed by atoms with Crippen LogP contribution in [-0.2, 0) is 22.4 Å². The van der Waals surface area contributed by atoms with Crippen molar-refractivity contribution in [1.82, 2.24) is 10.3 Å². The lowest BCUT2D eigenvalue weighted by atomic mass is 9.99. The fraction of sp³-hybridized carbons (Fsp3) is 0.292. The summed E-state index contributed by atoms with van der Waals surface area (Å²) in [6.45, 7) is 3.93. The van der Waals surface area contributed by atoms with Crippen LogP contribution >= 0.6 is 11.6 Å². The molecule has 7 heteroatoms. The van der Waals surface area contributed by atoms with Crippen LogP contribution in [0.4, 0.5) is 0 Å². The number of nitrogens with zero attached hydrogens (tertiary/aromatic N) is 1.